The first-order valence-electron chi connectivity index (χ1n) is 9.28. The van der Waals surface area contributed by atoms with Gasteiger partial charge in [-0.1, -0.05) is 30.3 Å². The van der Waals surface area contributed by atoms with Crippen molar-refractivity contribution in [3.8, 4) is 0 Å². The molecule has 0 aromatic heterocycles. The molecule has 1 aliphatic carbocycles. The Balaban J connectivity index is 2.30. The second-order valence-corrected chi connectivity index (χ2v) is 6.83. The molecule has 0 N–H and O–H groups in total. The molecular formula is C23H19NO5. The lowest BCUT2D eigenvalue weighted by Gasteiger charge is -2.14. The Labute approximate surface area is 165 Å². The number of carbonyl (C=O) groups is 1. The fraction of sp³-hybridized carbons (Fsp3) is 0.174. The van der Waals surface area contributed by atoms with Gasteiger partial charge in [0.1, 0.15) is 5.35 Å². The summed E-state index contributed by atoms with van der Waals surface area (Å²) in [7, 11) is 0. The first kappa shape index (κ1) is 18.7. The summed E-state index contributed by atoms with van der Waals surface area (Å²) in [6, 6.07) is 12.1. The highest BCUT2D eigenvalue weighted by Crippen LogP contribution is 2.21. The van der Waals surface area contributed by atoms with E-state index in [1.165, 1.54) is 6.08 Å². The molecular weight excluding hydrogens is 370 g/mol. The number of benzene rings is 2. The summed E-state index contributed by atoms with van der Waals surface area (Å²) in [5, 5.41) is 0.716. The molecule has 0 atom stereocenters. The van der Waals surface area contributed by atoms with Gasteiger partial charge in [0.05, 0.1) is 12.1 Å². The van der Waals surface area contributed by atoms with E-state index in [1.807, 2.05) is 19.1 Å². The van der Waals surface area contributed by atoms with Gasteiger partial charge in [0.25, 0.3) is 0 Å². The summed E-state index contributed by atoms with van der Waals surface area (Å²) in [4.78, 5) is 38.5. The van der Waals surface area contributed by atoms with Crippen molar-refractivity contribution in [1.82, 2.24) is 4.57 Å². The zero-order valence-corrected chi connectivity index (χ0v) is 16.3. The van der Waals surface area contributed by atoms with Crippen molar-refractivity contribution in [2.45, 2.75) is 20.8 Å². The van der Waals surface area contributed by atoms with Crippen molar-refractivity contribution in [3.05, 3.63) is 85.3 Å². The van der Waals surface area contributed by atoms with Crippen molar-refractivity contribution >= 4 is 33.5 Å². The molecule has 0 spiro atoms. The fourth-order valence-corrected chi connectivity index (χ4v) is 3.54. The molecule has 0 amide bonds. The van der Waals surface area contributed by atoms with Crippen LogP contribution in [0.15, 0.2) is 62.5 Å². The zero-order valence-electron chi connectivity index (χ0n) is 16.3. The molecule has 2 aliphatic rings. The number of hydrogen-bond acceptors (Lipinski definition) is 5. The highest BCUT2D eigenvalue weighted by Gasteiger charge is 2.16. The summed E-state index contributed by atoms with van der Waals surface area (Å²) in [6.45, 7) is 5.56. The number of aryl methyl sites for hydroxylation is 1. The molecule has 0 radical (unpaired) electrons. The molecule has 0 bridgehead atoms. The Kier molecular flexibility index (Phi) is 4.54. The molecule has 2 aromatic carbocycles. The smallest absolute Gasteiger partial charge is 0.332 e. The average molecular weight is 389 g/mol. The molecule has 6 nitrogen and oxygen atoms in total. The van der Waals surface area contributed by atoms with Gasteiger partial charge in [0, 0.05) is 22.5 Å². The monoisotopic (exact) mass is 389 g/mol. The van der Waals surface area contributed by atoms with Gasteiger partial charge in [-0.15, -0.1) is 0 Å². The maximum absolute atomic E-state index is 13.3. The first-order chi connectivity index (χ1) is 13.9. The largest absolute Gasteiger partial charge is 0.463 e. The minimum absolute atomic E-state index is 0.0401. The van der Waals surface area contributed by atoms with E-state index in [-0.39, 0.29) is 28.2 Å². The standard InChI is InChI=1S/C23H19NO5/c1-4-28-19(25)12-14(3)24-17-11-13(2)9-10-18(17)29-23-20(24)21(26)15-7-5-6-8-16(15)22(23)27/h5-12H,4H2,1-3H3/b14-12-. The topological polar surface area (TPSA) is 78.5 Å². The molecule has 29 heavy (non-hydrogen) atoms. The first-order valence-corrected chi connectivity index (χ1v) is 9.28. The second kappa shape index (κ2) is 7.05. The number of ether oxygens (including phenoxy) is 1. The molecule has 0 fully saturated rings. The maximum Gasteiger partial charge on any atom is 0.332 e. The second-order valence-electron chi connectivity index (χ2n) is 6.83. The van der Waals surface area contributed by atoms with E-state index in [9.17, 15) is 14.4 Å². The Bertz CT molecular complexity index is 1490. The third-order valence-electron chi connectivity index (χ3n) is 4.81. The zero-order chi connectivity index (χ0) is 20.7. The van der Waals surface area contributed by atoms with Crippen LogP contribution in [0.4, 0.5) is 0 Å². The lowest BCUT2D eigenvalue weighted by atomic mass is 10.1. The third kappa shape index (κ3) is 3.02. The van der Waals surface area contributed by atoms with Gasteiger partial charge < -0.3 is 13.7 Å². The number of hydrogen-bond donors (Lipinski definition) is 0. The molecule has 0 saturated carbocycles. The van der Waals surface area contributed by atoms with Gasteiger partial charge in [-0.25, -0.2) is 4.79 Å². The van der Waals surface area contributed by atoms with Crippen LogP contribution in [0.1, 0.15) is 19.4 Å². The lowest BCUT2D eigenvalue weighted by Crippen LogP contribution is -2.21. The minimum Gasteiger partial charge on any atom is -0.463 e. The Morgan fingerprint density at radius 3 is 2.48 bits per heavy atom. The van der Waals surface area contributed by atoms with E-state index < -0.39 is 5.97 Å². The van der Waals surface area contributed by atoms with Gasteiger partial charge in [-0.2, -0.15) is 0 Å². The van der Waals surface area contributed by atoms with Crippen molar-refractivity contribution in [3.63, 3.8) is 0 Å². The SMILES string of the molecule is CCOC(=O)/C=C(/C)n1c2c(=O)c3ccccc3c(=O)c=2oc2ccc(C)cc21. The number of allylic oxidation sites excluding steroid dienone is 1. The van der Waals surface area contributed by atoms with E-state index in [4.69, 9.17) is 9.15 Å². The van der Waals surface area contributed by atoms with Crippen molar-refractivity contribution in [2.24, 2.45) is 0 Å². The molecule has 4 rings (SSSR count). The van der Waals surface area contributed by atoms with Crippen molar-refractivity contribution < 1.29 is 13.9 Å². The molecule has 1 aliphatic heterocycles. The predicted octanol–water partition coefficient (Wildman–Crippen LogP) is 3.57. The maximum atomic E-state index is 13.3. The van der Waals surface area contributed by atoms with Crippen LogP contribution in [0.25, 0.3) is 27.6 Å². The summed E-state index contributed by atoms with van der Waals surface area (Å²) in [5.41, 5.74) is 1.68. The quantitative estimate of drug-likeness (QED) is 0.395. The van der Waals surface area contributed by atoms with Gasteiger partial charge in [-0.3, -0.25) is 9.59 Å². The Morgan fingerprint density at radius 2 is 1.79 bits per heavy atom. The van der Waals surface area contributed by atoms with Gasteiger partial charge in [0.15, 0.2) is 5.58 Å². The number of carbonyl (C=O) groups excluding carboxylic acids is 1. The van der Waals surface area contributed by atoms with Crippen molar-refractivity contribution in [2.75, 3.05) is 6.61 Å². The number of aromatic nitrogens is 1. The van der Waals surface area contributed by atoms with Gasteiger partial charge >= 0.3 is 5.97 Å². The van der Waals surface area contributed by atoms with Crippen LogP contribution in [0.5, 0.6) is 0 Å². The molecule has 0 unspecified atom stereocenters. The fourth-order valence-electron chi connectivity index (χ4n) is 3.54. The predicted molar refractivity (Wildman–Crippen MR) is 111 cm³/mol. The number of rotatable bonds is 3. The highest BCUT2D eigenvalue weighted by atomic mass is 16.5. The summed E-state index contributed by atoms with van der Waals surface area (Å²) >= 11 is 0. The van der Waals surface area contributed by atoms with E-state index >= 15 is 0 Å². The molecule has 0 saturated heterocycles. The summed E-state index contributed by atoms with van der Waals surface area (Å²) in [6.07, 6.45) is 1.31. The molecule has 146 valence electrons. The van der Waals surface area contributed by atoms with E-state index in [0.29, 0.717) is 27.6 Å². The lowest BCUT2D eigenvalue weighted by molar-refractivity contribution is -0.137. The summed E-state index contributed by atoms with van der Waals surface area (Å²) < 4.78 is 12.5. The van der Waals surface area contributed by atoms with E-state index in [1.54, 1.807) is 48.7 Å². The van der Waals surface area contributed by atoms with Crippen LogP contribution in [0.3, 0.4) is 0 Å². The summed E-state index contributed by atoms with van der Waals surface area (Å²) in [5.74, 6) is -0.525. The van der Waals surface area contributed by atoms with Gasteiger partial charge in [-0.05, 0) is 38.5 Å². The van der Waals surface area contributed by atoms with Crippen LogP contribution in [0.2, 0.25) is 0 Å². The Morgan fingerprint density at radius 1 is 1.10 bits per heavy atom. The normalized spacial score (nSPS) is 12.0. The number of nitrogens with zero attached hydrogens (tertiary/aromatic N) is 1. The molecule has 6 heteroatoms. The average Bonchev–Trinajstić information content (AvgIpc) is 2.70. The van der Waals surface area contributed by atoms with E-state index in [2.05, 4.69) is 0 Å². The third-order valence-corrected chi connectivity index (χ3v) is 4.81. The minimum atomic E-state index is -0.525. The Hall–Kier alpha value is -3.67. The van der Waals surface area contributed by atoms with Crippen LogP contribution < -0.4 is 10.9 Å². The van der Waals surface area contributed by atoms with Crippen LogP contribution in [0, 0.1) is 17.7 Å². The van der Waals surface area contributed by atoms with E-state index in [0.717, 1.165) is 5.56 Å². The number of esters is 1. The van der Waals surface area contributed by atoms with Crippen LogP contribution in [-0.4, -0.2) is 17.1 Å². The van der Waals surface area contributed by atoms with Gasteiger partial charge in [0.2, 0.25) is 16.3 Å². The van der Waals surface area contributed by atoms with Crippen LogP contribution >= 0.6 is 0 Å². The number of fused-ring (bicyclic) bond motifs is 2. The van der Waals surface area contributed by atoms with Crippen molar-refractivity contribution in [1.29, 1.82) is 0 Å². The molecule has 1 heterocycles. The highest BCUT2D eigenvalue weighted by molar-refractivity contribution is 5.90. The van der Waals surface area contributed by atoms with Crippen LogP contribution in [-0.2, 0) is 9.53 Å². The molecule has 2 aromatic rings.